The molecule has 1 aliphatic rings. The van der Waals surface area contributed by atoms with Crippen molar-refractivity contribution in [3.8, 4) is 5.75 Å². The number of nitrogens with zero attached hydrogens (tertiary/aromatic N) is 1. The van der Waals surface area contributed by atoms with E-state index in [0.29, 0.717) is 11.4 Å². The second-order valence-corrected chi connectivity index (χ2v) is 6.61. The number of hydrogen-bond acceptors (Lipinski definition) is 4. The summed E-state index contributed by atoms with van der Waals surface area (Å²) in [4.78, 5) is 38.3. The van der Waals surface area contributed by atoms with Crippen molar-refractivity contribution < 1.29 is 19.1 Å². The summed E-state index contributed by atoms with van der Waals surface area (Å²) in [5, 5.41) is 5.45. The Morgan fingerprint density at radius 1 is 1.14 bits per heavy atom. The van der Waals surface area contributed by atoms with Crippen molar-refractivity contribution in [2.45, 2.75) is 31.8 Å². The third kappa shape index (κ3) is 4.31. The second kappa shape index (κ2) is 8.56. The van der Waals surface area contributed by atoms with Crippen molar-refractivity contribution in [1.82, 2.24) is 10.2 Å². The molecule has 1 aliphatic heterocycles. The highest BCUT2D eigenvalue weighted by Crippen LogP contribution is 2.25. The fourth-order valence-electron chi connectivity index (χ4n) is 3.16. The van der Waals surface area contributed by atoms with Gasteiger partial charge in [-0.15, -0.1) is 0 Å². The number of ether oxygens (including phenoxy) is 1. The first-order chi connectivity index (χ1) is 13.5. The molecule has 0 aromatic heterocycles. The Kier molecular flexibility index (Phi) is 5.93. The van der Waals surface area contributed by atoms with Crippen LogP contribution in [0.2, 0.25) is 0 Å². The maximum Gasteiger partial charge on any atom is 0.325 e. The van der Waals surface area contributed by atoms with Gasteiger partial charge in [0.25, 0.3) is 5.91 Å². The van der Waals surface area contributed by atoms with Crippen LogP contribution in [-0.2, 0) is 9.59 Å². The van der Waals surface area contributed by atoms with Crippen LogP contribution in [-0.4, -0.2) is 35.9 Å². The van der Waals surface area contributed by atoms with Gasteiger partial charge in [-0.05, 0) is 43.2 Å². The lowest BCUT2D eigenvalue weighted by Crippen LogP contribution is -2.34. The summed E-state index contributed by atoms with van der Waals surface area (Å²) < 4.78 is 5.08. The number of nitrogens with one attached hydrogen (secondary N) is 2. The van der Waals surface area contributed by atoms with Gasteiger partial charge in [0, 0.05) is 12.1 Å². The van der Waals surface area contributed by atoms with Crippen LogP contribution >= 0.6 is 0 Å². The van der Waals surface area contributed by atoms with E-state index in [1.165, 1.54) is 4.90 Å². The average Bonchev–Trinajstić information content (AvgIpc) is 3.00. The molecule has 2 atom stereocenters. The van der Waals surface area contributed by atoms with Crippen molar-refractivity contribution in [3.63, 3.8) is 0 Å². The third-order valence-corrected chi connectivity index (χ3v) is 4.76. The second-order valence-electron chi connectivity index (χ2n) is 6.61. The summed E-state index contributed by atoms with van der Waals surface area (Å²) in [6.45, 7) is 1.81. The number of imide groups is 1. The normalized spacial score (nSPS) is 17.2. The SMILES string of the molecule is COc1ccc(NC(=O)CC[C@@H]2NC(=O)N([C@H](C)c3ccccc3)C2=O)cc1. The summed E-state index contributed by atoms with van der Waals surface area (Å²) in [6, 6.07) is 14.8. The van der Waals surface area contributed by atoms with E-state index in [2.05, 4.69) is 10.6 Å². The van der Waals surface area contributed by atoms with Crippen molar-refractivity contribution >= 4 is 23.5 Å². The van der Waals surface area contributed by atoms with Gasteiger partial charge in [-0.2, -0.15) is 0 Å². The first kappa shape index (κ1) is 19.4. The molecule has 7 nitrogen and oxygen atoms in total. The van der Waals surface area contributed by atoms with Gasteiger partial charge in [0.15, 0.2) is 0 Å². The fraction of sp³-hybridized carbons (Fsp3) is 0.286. The zero-order chi connectivity index (χ0) is 20.1. The first-order valence-electron chi connectivity index (χ1n) is 9.12. The molecular weight excluding hydrogens is 358 g/mol. The van der Waals surface area contributed by atoms with E-state index < -0.39 is 12.1 Å². The number of hydrogen-bond donors (Lipinski definition) is 2. The zero-order valence-corrected chi connectivity index (χ0v) is 15.8. The molecule has 0 saturated carbocycles. The van der Waals surface area contributed by atoms with Gasteiger partial charge >= 0.3 is 6.03 Å². The minimum atomic E-state index is -0.694. The molecule has 1 heterocycles. The number of anilines is 1. The van der Waals surface area contributed by atoms with E-state index in [4.69, 9.17) is 4.74 Å². The molecule has 0 radical (unpaired) electrons. The summed E-state index contributed by atoms with van der Waals surface area (Å²) in [7, 11) is 1.57. The first-order valence-corrected chi connectivity index (χ1v) is 9.12. The molecule has 28 heavy (non-hydrogen) atoms. The highest BCUT2D eigenvalue weighted by molar-refractivity contribution is 6.05. The molecule has 1 saturated heterocycles. The maximum atomic E-state index is 12.7. The number of methoxy groups -OCH3 is 1. The van der Waals surface area contributed by atoms with E-state index in [1.807, 2.05) is 37.3 Å². The molecule has 2 aromatic rings. The van der Waals surface area contributed by atoms with E-state index in [9.17, 15) is 14.4 Å². The standard InChI is InChI=1S/C21H23N3O4/c1-14(15-6-4-3-5-7-15)24-20(26)18(23-21(24)27)12-13-19(25)22-16-8-10-17(28-2)11-9-16/h3-11,14,18H,12-13H2,1-2H3,(H,22,25)(H,23,27)/t14-,18+/m1/s1. The predicted molar refractivity (Wildman–Crippen MR) is 105 cm³/mol. The Bertz CT molecular complexity index is 852. The molecule has 1 fully saturated rings. The molecule has 7 heteroatoms. The summed E-state index contributed by atoms with van der Waals surface area (Å²) in [5.74, 6) is 0.172. The lowest BCUT2D eigenvalue weighted by atomic mass is 10.1. The quantitative estimate of drug-likeness (QED) is 0.722. The Hall–Kier alpha value is -3.35. The Labute approximate surface area is 163 Å². The fourth-order valence-corrected chi connectivity index (χ4v) is 3.16. The van der Waals surface area contributed by atoms with E-state index in [-0.39, 0.29) is 30.7 Å². The number of rotatable bonds is 7. The van der Waals surface area contributed by atoms with Gasteiger partial charge in [0.1, 0.15) is 11.8 Å². The lowest BCUT2D eigenvalue weighted by molar-refractivity contribution is -0.129. The van der Waals surface area contributed by atoms with Gasteiger partial charge in [0.2, 0.25) is 5.91 Å². The van der Waals surface area contributed by atoms with Crippen molar-refractivity contribution in [1.29, 1.82) is 0 Å². The predicted octanol–water partition coefficient (Wildman–Crippen LogP) is 3.10. The summed E-state index contributed by atoms with van der Waals surface area (Å²) >= 11 is 0. The van der Waals surface area contributed by atoms with Crippen LogP contribution in [0.4, 0.5) is 10.5 Å². The van der Waals surface area contributed by atoms with Gasteiger partial charge in [-0.25, -0.2) is 4.79 Å². The minimum absolute atomic E-state index is 0.121. The Morgan fingerprint density at radius 3 is 2.46 bits per heavy atom. The van der Waals surface area contributed by atoms with Crippen LogP contribution in [0.3, 0.4) is 0 Å². The van der Waals surface area contributed by atoms with Gasteiger partial charge < -0.3 is 15.4 Å². The number of amides is 4. The molecule has 2 aromatic carbocycles. The average molecular weight is 381 g/mol. The summed E-state index contributed by atoms with van der Waals surface area (Å²) in [5.41, 5.74) is 1.52. The molecular formula is C21H23N3O4. The minimum Gasteiger partial charge on any atom is -0.497 e. The molecule has 0 unspecified atom stereocenters. The topological polar surface area (TPSA) is 87.7 Å². The molecule has 3 rings (SSSR count). The van der Waals surface area contributed by atoms with Crippen molar-refractivity contribution in [2.24, 2.45) is 0 Å². The number of carbonyl (C=O) groups excluding carboxylic acids is 3. The third-order valence-electron chi connectivity index (χ3n) is 4.76. The highest BCUT2D eigenvalue weighted by Gasteiger charge is 2.40. The van der Waals surface area contributed by atoms with Gasteiger partial charge in [-0.3, -0.25) is 14.5 Å². The lowest BCUT2D eigenvalue weighted by Gasteiger charge is -2.21. The van der Waals surface area contributed by atoms with Crippen LogP contribution in [0.5, 0.6) is 5.75 Å². The molecule has 4 amide bonds. The number of benzene rings is 2. The van der Waals surface area contributed by atoms with Crippen molar-refractivity contribution in [2.75, 3.05) is 12.4 Å². The van der Waals surface area contributed by atoms with Gasteiger partial charge in [0.05, 0.1) is 13.2 Å². The molecule has 2 N–H and O–H groups in total. The monoisotopic (exact) mass is 381 g/mol. The molecule has 0 bridgehead atoms. The largest absolute Gasteiger partial charge is 0.497 e. The molecule has 0 spiro atoms. The van der Waals surface area contributed by atoms with E-state index in [0.717, 1.165) is 5.56 Å². The molecule has 146 valence electrons. The maximum absolute atomic E-state index is 12.7. The van der Waals surface area contributed by atoms with Crippen LogP contribution in [0.1, 0.15) is 31.4 Å². The van der Waals surface area contributed by atoms with Crippen LogP contribution in [0, 0.1) is 0 Å². The zero-order valence-electron chi connectivity index (χ0n) is 15.8. The van der Waals surface area contributed by atoms with Crippen LogP contribution in [0.25, 0.3) is 0 Å². The van der Waals surface area contributed by atoms with Crippen LogP contribution in [0.15, 0.2) is 54.6 Å². The Morgan fingerprint density at radius 2 is 1.82 bits per heavy atom. The van der Waals surface area contributed by atoms with Crippen molar-refractivity contribution in [3.05, 3.63) is 60.2 Å². The van der Waals surface area contributed by atoms with Crippen LogP contribution < -0.4 is 15.4 Å². The number of urea groups is 1. The molecule has 0 aliphatic carbocycles. The number of carbonyl (C=O) groups is 3. The summed E-state index contributed by atoms with van der Waals surface area (Å²) in [6.07, 6.45) is 0.362. The smallest absolute Gasteiger partial charge is 0.325 e. The van der Waals surface area contributed by atoms with Gasteiger partial charge in [-0.1, -0.05) is 30.3 Å². The van der Waals surface area contributed by atoms with E-state index >= 15 is 0 Å². The Balaban J connectivity index is 1.55. The highest BCUT2D eigenvalue weighted by atomic mass is 16.5. The van der Waals surface area contributed by atoms with E-state index in [1.54, 1.807) is 31.4 Å².